The van der Waals surface area contributed by atoms with Gasteiger partial charge in [0.2, 0.25) is 0 Å². The van der Waals surface area contributed by atoms with Crippen LogP contribution in [0, 0.1) is 0 Å². The molecule has 0 fully saturated rings. The first kappa shape index (κ1) is 10.9. The summed E-state index contributed by atoms with van der Waals surface area (Å²) >= 11 is 0. The number of benzene rings is 1. The van der Waals surface area contributed by atoms with E-state index in [1.54, 1.807) is 0 Å². The topological polar surface area (TPSA) is 0 Å². The van der Waals surface area contributed by atoms with E-state index in [0.29, 0.717) is 0 Å². The molecule has 0 radical (unpaired) electrons. The van der Waals surface area contributed by atoms with Crippen molar-refractivity contribution >= 4 is 18.2 Å². The first-order valence-corrected chi connectivity index (χ1v) is 5.94. The van der Waals surface area contributed by atoms with Crippen LogP contribution in [0.25, 0.3) is 18.2 Å². The lowest BCUT2D eigenvalue weighted by Gasteiger charge is -2.11. The van der Waals surface area contributed by atoms with Crippen LogP contribution in [0.5, 0.6) is 0 Å². The maximum atomic E-state index is 2.27. The van der Waals surface area contributed by atoms with Gasteiger partial charge in [-0.2, -0.15) is 0 Å². The van der Waals surface area contributed by atoms with Gasteiger partial charge in [0.25, 0.3) is 0 Å². The summed E-state index contributed by atoms with van der Waals surface area (Å²) in [6, 6.07) is 4.49. The number of hydrogen-bond donors (Lipinski definition) is 0. The smallest absolute Gasteiger partial charge is 0.0152 e. The summed E-state index contributed by atoms with van der Waals surface area (Å²) in [6.07, 6.45) is 15.4. The van der Waals surface area contributed by atoms with Crippen LogP contribution in [-0.2, 0) is 6.42 Å². The van der Waals surface area contributed by atoms with Crippen molar-refractivity contribution in [2.75, 3.05) is 0 Å². The zero-order valence-corrected chi connectivity index (χ0v) is 10.0. The predicted octanol–water partition coefficient (Wildman–Crippen LogP) is 2.80. The van der Waals surface area contributed by atoms with Crippen LogP contribution < -0.4 is 10.4 Å². The van der Waals surface area contributed by atoms with E-state index < -0.39 is 0 Å². The third-order valence-electron chi connectivity index (χ3n) is 3.03. The highest BCUT2D eigenvalue weighted by atomic mass is 14.1. The number of fused-ring (bicyclic) bond motifs is 1. The van der Waals surface area contributed by atoms with E-state index in [1.165, 1.54) is 34.4 Å². The van der Waals surface area contributed by atoms with E-state index in [1.807, 2.05) is 6.92 Å². The van der Waals surface area contributed by atoms with Gasteiger partial charge in [-0.1, -0.05) is 48.6 Å². The van der Waals surface area contributed by atoms with E-state index in [-0.39, 0.29) is 0 Å². The Hall–Kier alpha value is -1.56. The van der Waals surface area contributed by atoms with Gasteiger partial charge in [0.1, 0.15) is 0 Å². The lowest BCUT2D eigenvalue weighted by Crippen LogP contribution is -2.28. The van der Waals surface area contributed by atoms with E-state index in [2.05, 4.69) is 55.5 Å². The quantitative estimate of drug-likeness (QED) is 0.668. The summed E-state index contributed by atoms with van der Waals surface area (Å²) in [6.45, 7) is 4.16. The number of hydrogen-bond acceptors (Lipinski definition) is 0. The molecule has 2 rings (SSSR count). The lowest BCUT2D eigenvalue weighted by atomic mass is 9.94. The maximum Gasteiger partial charge on any atom is -0.0152 e. The first-order chi connectivity index (χ1) is 7.86. The molecule has 1 aromatic rings. The van der Waals surface area contributed by atoms with Crippen LogP contribution in [0.4, 0.5) is 0 Å². The normalized spacial score (nSPS) is 17.1. The molecular formula is C16H18. The second kappa shape index (κ2) is 4.98. The molecule has 0 bridgehead atoms. The Labute approximate surface area is 97.3 Å². The van der Waals surface area contributed by atoms with Gasteiger partial charge in [0, 0.05) is 0 Å². The first-order valence-electron chi connectivity index (χ1n) is 5.94. The van der Waals surface area contributed by atoms with Gasteiger partial charge in [-0.3, -0.25) is 0 Å². The van der Waals surface area contributed by atoms with Gasteiger partial charge in [0.15, 0.2) is 0 Å². The molecule has 0 atom stereocenters. The van der Waals surface area contributed by atoms with Crippen LogP contribution in [0.15, 0.2) is 30.4 Å². The third-order valence-corrected chi connectivity index (χ3v) is 3.03. The van der Waals surface area contributed by atoms with E-state index in [4.69, 9.17) is 0 Å². The zero-order valence-electron chi connectivity index (χ0n) is 10.0. The van der Waals surface area contributed by atoms with Gasteiger partial charge in [-0.15, -0.1) is 0 Å². The molecule has 0 aromatic heterocycles. The number of rotatable bonds is 1. The van der Waals surface area contributed by atoms with Crippen molar-refractivity contribution in [1.29, 1.82) is 0 Å². The van der Waals surface area contributed by atoms with Crippen molar-refractivity contribution in [2.24, 2.45) is 0 Å². The summed E-state index contributed by atoms with van der Waals surface area (Å²) in [5, 5.41) is 2.68. The van der Waals surface area contributed by atoms with E-state index in [9.17, 15) is 0 Å². The van der Waals surface area contributed by atoms with Gasteiger partial charge in [-0.25, -0.2) is 0 Å². The number of aryl methyl sites for hydroxylation is 1. The summed E-state index contributed by atoms with van der Waals surface area (Å²) in [7, 11) is 0. The molecule has 1 aliphatic rings. The molecule has 0 saturated heterocycles. The third kappa shape index (κ3) is 2.01. The molecule has 0 N–H and O–H groups in total. The maximum absolute atomic E-state index is 2.27. The van der Waals surface area contributed by atoms with Crippen LogP contribution in [0.3, 0.4) is 0 Å². The fraction of sp³-hybridized carbons (Fsp3) is 0.250. The minimum absolute atomic E-state index is 1.17. The van der Waals surface area contributed by atoms with Crippen molar-refractivity contribution in [3.05, 3.63) is 51.9 Å². The molecule has 0 amide bonds. The summed E-state index contributed by atoms with van der Waals surface area (Å²) in [4.78, 5) is 0. The van der Waals surface area contributed by atoms with Crippen molar-refractivity contribution in [3.8, 4) is 0 Å². The highest BCUT2D eigenvalue weighted by Gasteiger charge is 2.04. The molecular weight excluding hydrogens is 192 g/mol. The Morgan fingerprint density at radius 3 is 2.81 bits per heavy atom. The average molecular weight is 210 g/mol. The second-order valence-corrected chi connectivity index (χ2v) is 4.06. The standard InChI is InChI=1S/C16H18/c1-3-5-8-13-11-12-14-9-6-7-10-16(14)15(13)4-2/h3-5,7-8,10-12H,6,9H2,1-2H3/b5-3-,13-8-,15-4+. The van der Waals surface area contributed by atoms with Crippen LogP contribution >= 0.6 is 0 Å². The van der Waals surface area contributed by atoms with Gasteiger partial charge in [0.05, 0.1) is 0 Å². The summed E-state index contributed by atoms with van der Waals surface area (Å²) in [5.41, 5.74) is 2.89. The Bertz CT molecular complexity index is 542. The van der Waals surface area contributed by atoms with Crippen molar-refractivity contribution in [3.63, 3.8) is 0 Å². The Morgan fingerprint density at radius 2 is 2.06 bits per heavy atom. The average Bonchev–Trinajstić information content (AvgIpc) is 2.35. The van der Waals surface area contributed by atoms with Crippen molar-refractivity contribution in [1.82, 2.24) is 0 Å². The van der Waals surface area contributed by atoms with Crippen LogP contribution in [-0.4, -0.2) is 0 Å². The van der Waals surface area contributed by atoms with Crippen LogP contribution in [0.1, 0.15) is 31.4 Å². The summed E-state index contributed by atoms with van der Waals surface area (Å²) in [5.74, 6) is 0. The molecule has 0 heterocycles. The van der Waals surface area contributed by atoms with Gasteiger partial charge < -0.3 is 0 Å². The van der Waals surface area contributed by atoms with E-state index in [0.717, 1.165) is 0 Å². The fourth-order valence-corrected chi connectivity index (χ4v) is 2.22. The molecule has 16 heavy (non-hydrogen) atoms. The summed E-state index contributed by atoms with van der Waals surface area (Å²) < 4.78 is 0. The molecule has 0 nitrogen and oxygen atoms in total. The van der Waals surface area contributed by atoms with Crippen LogP contribution in [0.2, 0.25) is 0 Å². The van der Waals surface area contributed by atoms with Gasteiger partial charge >= 0.3 is 0 Å². The fourth-order valence-electron chi connectivity index (χ4n) is 2.22. The largest absolute Gasteiger partial charge is 0.0876 e. The SMILES string of the molecule is C\C=C/C=c1/ccc2c(/c1=C/C)C=CCC2. The molecule has 0 aliphatic heterocycles. The van der Waals surface area contributed by atoms with Crippen molar-refractivity contribution < 1.29 is 0 Å². The van der Waals surface area contributed by atoms with Crippen molar-refractivity contribution in [2.45, 2.75) is 26.7 Å². The molecule has 1 aromatic carbocycles. The zero-order chi connectivity index (χ0) is 11.4. The molecule has 0 saturated carbocycles. The Balaban J connectivity index is 2.73. The minimum Gasteiger partial charge on any atom is -0.0876 e. The molecule has 0 unspecified atom stereocenters. The lowest BCUT2D eigenvalue weighted by molar-refractivity contribution is 0.980. The molecule has 1 aliphatic carbocycles. The second-order valence-electron chi connectivity index (χ2n) is 4.06. The molecule has 0 heteroatoms. The highest BCUT2D eigenvalue weighted by Crippen LogP contribution is 2.13. The predicted molar refractivity (Wildman–Crippen MR) is 72.5 cm³/mol. The number of allylic oxidation sites excluding steroid dienone is 3. The van der Waals surface area contributed by atoms with Gasteiger partial charge in [-0.05, 0) is 48.3 Å². The Kier molecular flexibility index (Phi) is 3.40. The molecule has 82 valence electrons. The monoisotopic (exact) mass is 210 g/mol. The molecule has 0 spiro atoms. The highest BCUT2D eigenvalue weighted by molar-refractivity contribution is 5.59. The minimum atomic E-state index is 1.17. The van der Waals surface area contributed by atoms with E-state index >= 15 is 0 Å². The Morgan fingerprint density at radius 1 is 1.19 bits per heavy atom.